The molecule has 0 aliphatic carbocycles. The first-order valence-corrected chi connectivity index (χ1v) is 8.13. The van der Waals surface area contributed by atoms with E-state index in [1.165, 1.54) is 12.1 Å². The maximum absolute atomic E-state index is 12.3. The first kappa shape index (κ1) is 17.4. The van der Waals surface area contributed by atoms with E-state index in [9.17, 15) is 9.59 Å². The van der Waals surface area contributed by atoms with Crippen molar-refractivity contribution in [1.29, 1.82) is 5.41 Å². The molecule has 0 amide bonds. The lowest BCUT2D eigenvalue weighted by atomic mass is 9.99. The molecule has 5 nitrogen and oxygen atoms in total. The number of nitrogen functional groups attached to an aromatic ring is 1. The van der Waals surface area contributed by atoms with Crippen LogP contribution in [0.15, 0.2) is 60.7 Å². The number of fused-ring (bicyclic) bond motifs is 1. The average Bonchev–Trinajstić information content (AvgIpc) is 2.61. The van der Waals surface area contributed by atoms with E-state index in [-0.39, 0.29) is 23.6 Å². The molecule has 5 heteroatoms. The second-order valence-corrected chi connectivity index (χ2v) is 6.20. The van der Waals surface area contributed by atoms with Gasteiger partial charge in [-0.2, -0.15) is 0 Å². The molecule has 0 unspecified atom stereocenters. The van der Waals surface area contributed by atoms with Crippen molar-refractivity contribution in [2.45, 2.75) is 12.8 Å². The first-order valence-electron chi connectivity index (χ1n) is 8.13. The topological polar surface area (TPSA) is 104 Å². The third-order valence-corrected chi connectivity index (χ3v) is 4.22. The molecule has 0 spiro atoms. The summed E-state index contributed by atoms with van der Waals surface area (Å²) in [6.07, 6.45) is 0.576. The molecule has 26 heavy (non-hydrogen) atoms. The Bertz CT molecular complexity index is 1010. The Labute approximate surface area is 150 Å². The number of carboxylic acid groups (broad SMARTS) is 1. The molecule has 0 bridgehead atoms. The standard InChI is InChI=1S/C21H18N2O3/c22-20(23)18-8-7-16-9-14(3-6-17(16)12-18)11-19(24)10-13-1-4-15(5-2-13)21(25)26/h1-9,12H,10-11H2,(H3,22,23)(H,25,26). The van der Waals surface area contributed by atoms with Gasteiger partial charge in [-0.05, 0) is 40.1 Å². The van der Waals surface area contributed by atoms with Crippen LogP contribution in [0.4, 0.5) is 0 Å². The van der Waals surface area contributed by atoms with Gasteiger partial charge in [0.2, 0.25) is 0 Å². The van der Waals surface area contributed by atoms with Crippen molar-refractivity contribution >= 4 is 28.4 Å². The summed E-state index contributed by atoms with van der Waals surface area (Å²) in [5.74, 6) is -0.889. The maximum atomic E-state index is 12.3. The number of nitrogens with two attached hydrogens (primary N) is 1. The number of Topliss-reactive ketones (excluding diaryl/α,β-unsaturated/α-hetero) is 1. The highest BCUT2D eigenvalue weighted by Gasteiger charge is 2.08. The summed E-state index contributed by atoms with van der Waals surface area (Å²) in [6, 6.07) is 17.7. The average molecular weight is 346 g/mol. The fraction of sp³-hybridized carbons (Fsp3) is 0.0952. The summed E-state index contributed by atoms with van der Waals surface area (Å²) in [5, 5.41) is 18.4. The van der Waals surface area contributed by atoms with Gasteiger partial charge in [0, 0.05) is 18.4 Å². The van der Waals surface area contributed by atoms with Crippen LogP contribution >= 0.6 is 0 Å². The molecule has 3 rings (SSSR count). The monoisotopic (exact) mass is 346 g/mol. The molecule has 3 aromatic carbocycles. The zero-order chi connectivity index (χ0) is 18.7. The fourth-order valence-electron chi connectivity index (χ4n) is 2.86. The molecule has 3 aromatic rings. The van der Waals surface area contributed by atoms with Crippen LogP contribution in [0.2, 0.25) is 0 Å². The largest absolute Gasteiger partial charge is 0.478 e. The normalized spacial score (nSPS) is 10.6. The molecule has 0 fully saturated rings. The molecule has 0 aliphatic heterocycles. The van der Waals surface area contributed by atoms with Crippen molar-refractivity contribution in [3.8, 4) is 0 Å². The maximum Gasteiger partial charge on any atom is 0.335 e. The number of carbonyl (C=O) groups is 2. The van der Waals surface area contributed by atoms with Gasteiger partial charge in [0.1, 0.15) is 11.6 Å². The minimum absolute atomic E-state index is 0.0278. The van der Waals surface area contributed by atoms with Crippen molar-refractivity contribution in [2.24, 2.45) is 5.73 Å². The molecule has 0 atom stereocenters. The van der Waals surface area contributed by atoms with Crippen LogP contribution in [-0.4, -0.2) is 22.7 Å². The Balaban J connectivity index is 1.71. The summed E-state index contributed by atoms with van der Waals surface area (Å²) in [5.41, 5.74) is 8.10. The molecule has 0 aromatic heterocycles. The van der Waals surface area contributed by atoms with Crippen molar-refractivity contribution in [2.75, 3.05) is 0 Å². The third-order valence-electron chi connectivity index (χ3n) is 4.22. The van der Waals surface area contributed by atoms with Crippen LogP contribution < -0.4 is 5.73 Å². The van der Waals surface area contributed by atoms with E-state index in [0.29, 0.717) is 12.0 Å². The molecule has 0 aliphatic rings. The van der Waals surface area contributed by atoms with Gasteiger partial charge in [-0.1, -0.05) is 42.5 Å². The molecule has 4 N–H and O–H groups in total. The smallest absolute Gasteiger partial charge is 0.335 e. The van der Waals surface area contributed by atoms with Crippen LogP contribution in [0.25, 0.3) is 10.8 Å². The molecular weight excluding hydrogens is 328 g/mol. The van der Waals surface area contributed by atoms with Gasteiger partial charge in [0.05, 0.1) is 5.56 Å². The quantitative estimate of drug-likeness (QED) is 0.471. The van der Waals surface area contributed by atoms with Crippen LogP contribution in [0, 0.1) is 5.41 Å². The van der Waals surface area contributed by atoms with Crippen molar-refractivity contribution in [3.63, 3.8) is 0 Å². The minimum atomic E-state index is -0.980. The number of hydrogen-bond acceptors (Lipinski definition) is 3. The lowest BCUT2D eigenvalue weighted by Crippen LogP contribution is -2.10. The molecule has 0 heterocycles. The molecule has 0 saturated heterocycles. The molecule has 130 valence electrons. The van der Waals surface area contributed by atoms with Crippen LogP contribution in [0.1, 0.15) is 27.0 Å². The highest BCUT2D eigenvalue weighted by atomic mass is 16.4. The van der Waals surface area contributed by atoms with Crippen LogP contribution in [0.5, 0.6) is 0 Å². The number of nitrogens with one attached hydrogen (secondary N) is 1. The Kier molecular flexibility index (Phi) is 4.80. The first-order chi connectivity index (χ1) is 12.4. The minimum Gasteiger partial charge on any atom is -0.478 e. The molecule has 0 radical (unpaired) electrons. The van der Waals surface area contributed by atoms with Crippen LogP contribution in [0.3, 0.4) is 0 Å². The highest BCUT2D eigenvalue weighted by molar-refractivity contribution is 5.99. The van der Waals surface area contributed by atoms with Gasteiger partial charge in [-0.3, -0.25) is 10.2 Å². The van der Waals surface area contributed by atoms with E-state index < -0.39 is 5.97 Å². The summed E-state index contributed by atoms with van der Waals surface area (Å²) < 4.78 is 0. The summed E-state index contributed by atoms with van der Waals surface area (Å²) in [6.45, 7) is 0. The second kappa shape index (κ2) is 7.19. The van der Waals surface area contributed by atoms with Gasteiger partial charge < -0.3 is 10.8 Å². The Morgan fingerprint density at radius 2 is 1.35 bits per heavy atom. The van der Waals surface area contributed by atoms with Gasteiger partial charge in [0.25, 0.3) is 0 Å². The third kappa shape index (κ3) is 3.95. The molecule has 0 saturated carbocycles. The predicted octanol–water partition coefficient (Wildman–Crippen LogP) is 3.18. The summed E-state index contributed by atoms with van der Waals surface area (Å²) in [7, 11) is 0. The zero-order valence-corrected chi connectivity index (χ0v) is 14.0. The summed E-state index contributed by atoms with van der Waals surface area (Å²) in [4.78, 5) is 23.2. The Morgan fingerprint density at radius 3 is 2.00 bits per heavy atom. The SMILES string of the molecule is N=C(N)c1ccc2cc(CC(=O)Cc3ccc(C(=O)O)cc3)ccc2c1. The number of carbonyl (C=O) groups excluding carboxylic acids is 1. The van der Waals surface area contributed by atoms with E-state index in [4.69, 9.17) is 16.2 Å². The van der Waals surface area contributed by atoms with Gasteiger partial charge >= 0.3 is 5.97 Å². The van der Waals surface area contributed by atoms with Crippen molar-refractivity contribution in [1.82, 2.24) is 0 Å². The number of aromatic carboxylic acids is 1. The molecular formula is C21H18N2O3. The van der Waals surface area contributed by atoms with Crippen LogP contribution in [-0.2, 0) is 17.6 Å². The predicted molar refractivity (Wildman–Crippen MR) is 101 cm³/mol. The number of ketones is 1. The van der Waals surface area contributed by atoms with Gasteiger partial charge in [-0.15, -0.1) is 0 Å². The summed E-state index contributed by atoms with van der Waals surface area (Å²) >= 11 is 0. The lowest BCUT2D eigenvalue weighted by Gasteiger charge is -2.06. The van der Waals surface area contributed by atoms with Gasteiger partial charge in [-0.25, -0.2) is 4.79 Å². The highest BCUT2D eigenvalue weighted by Crippen LogP contribution is 2.19. The number of benzene rings is 3. The Morgan fingerprint density at radius 1 is 0.808 bits per heavy atom. The number of carboxylic acids is 1. The number of amidine groups is 1. The Hall–Kier alpha value is -3.47. The number of rotatable bonds is 6. The van der Waals surface area contributed by atoms with E-state index in [1.54, 1.807) is 18.2 Å². The van der Waals surface area contributed by atoms with Crippen molar-refractivity contribution < 1.29 is 14.7 Å². The fourth-order valence-corrected chi connectivity index (χ4v) is 2.86. The van der Waals surface area contributed by atoms with E-state index >= 15 is 0 Å². The number of hydrogen-bond donors (Lipinski definition) is 3. The zero-order valence-electron chi connectivity index (χ0n) is 14.0. The van der Waals surface area contributed by atoms with E-state index in [0.717, 1.165) is 21.9 Å². The lowest BCUT2D eigenvalue weighted by molar-refractivity contribution is -0.117. The van der Waals surface area contributed by atoms with Gasteiger partial charge in [0.15, 0.2) is 0 Å². The van der Waals surface area contributed by atoms with E-state index in [1.807, 2.05) is 30.3 Å². The van der Waals surface area contributed by atoms with E-state index in [2.05, 4.69) is 0 Å². The van der Waals surface area contributed by atoms with Crippen molar-refractivity contribution in [3.05, 3.63) is 82.9 Å². The second-order valence-electron chi connectivity index (χ2n) is 6.20.